The van der Waals surface area contributed by atoms with Crippen molar-refractivity contribution in [2.75, 3.05) is 0 Å². The fraction of sp³-hybridized carbons (Fsp3) is 0.125. The van der Waals surface area contributed by atoms with Crippen LogP contribution in [0.1, 0.15) is 5.56 Å². The number of hydrogen-bond acceptors (Lipinski definition) is 2. The molecule has 1 rings (SSSR count). The summed E-state index contributed by atoms with van der Waals surface area (Å²) in [7, 11) is 0. The van der Waals surface area contributed by atoms with Crippen molar-refractivity contribution >= 4 is 18.1 Å². The molecule has 5 heteroatoms. The van der Waals surface area contributed by atoms with Gasteiger partial charge in [0.2, 0.25) is 0 Å². The Morgan fingerprint density at radius 1 is 1.38 bits per heavy atom. The van der Waals surface area contributed by atoms with E-state index in [1.807, 2.05) is 0 Å². The highest BCUT2D eigenvalue weighted by Crippen LogP contribution is 2.20. The summed E-state index contributed by atoms with van der Waals surface area (Å²) in [4.78, 5) is 9.81. The number of carbonyl (C=O) groups excluding carboxylic acids is 1. The van der Waals surface area contributed by atoms with E-state index in [-0.39, 0.29) is 23.7 Å². The summed E-state index contributed by atoms with van der Waals surface area (Å²) in [6.45, 7) is 0.0388. The number of ether oxygens (including phenoxy) is 1. The molecule has 0 unspecified atom stereocenters. The minimum atomic E-state index is -1.03. The summed E-state index contributed by atoms with van der Waals surface area (Å²) >= 11 is 5.53. The van der Waals surface area contributed by atoms with E-state index in [1.54, 1.807) is 0 Å². The zero-order valence-corrected chi connectivity index (χ0v) is 7.15. The number of hydrogen-bond donors (Lipinski definition) is 0. The van der Waals surface area contributed by atoms with Gasteiger partial charge in [-0.3, -0.25) is 4.79 Å². The molecule has 0 N–H and O–H groups in total. The zero-order chi connectivity index (χ0) is 9.84. The Morgan fingerprint density at radius 3 is 2.62 bits per heavy atom. The van der Waals surface area contributed by atoms with Gasteiger partial charge in [-0.15, -0.1) is 0 Å². The van der Waals surface area contributed by atoms with Gasteiger partial charge in [0.15, 0.2) is 11.6 Å². The maximum atomic E-state index is 12.6. The van der Waals surface area contributed by atoms with Crippen LogP contribution >= 0.6 is 11.6 Å². The van der Waals surface area contributed by atoms with E-state index in [4.69, 9.17) is 11.6 Å². The Kier molecular flexibility index (Phi) is 3.19. The highest BCUT2D eigenvalue weighted by atomic mass is 35.5. The lowest BCUT2D eigenvalue weighted by Gasteiger charge is -2.03. The van der Waals surface area contributed by atoms with Crippen molar-refractivity contribution in [2.45, 2.75) is 6.61 Å². The van der Waals surface area contributed by atoms with Gasteiger partial charge in [-0.05, 0) is 12.1 Å². The van der Waals surface area contributed by atoms with Crippen LogP contribution in [0.4, 0.5) is 8.78 Å². The molecule has 2 nitrogen and oxygen atoms in total. The van der Waals surface area contributed by atoms with Crippen LogP contribution in [-0.4, -0.2) is 6.47 Å². The lowest BCUT2D eigenvalue weighted by atomic mass is 10.2. The summed E-state index contributed by atoms with van der Waals surface area (Å²) < 4.78 is 29.5. The number of carbonyl (C=O) groups is 1. The zero-order valence-electron chi connectivity index (χ0n) is 6.39. The molecule has 0 heterocycles. The largest absolute Gasteiger partial charge is 0.463 e. The second-order valence-electron chi connectivity index (χ2n) is 2.26. The molecule has 1 aromatic carbocycles. The maximum absolute atomic E-state index is 12.6. The molecule has 0 saturated heterocycles. The van der Waals surface area contributed by atoms with Crippen LogP contribution in [0.5, 0.6) is 0 Å². The molecule has 70 valence electrons. The molecule has 13 heavy (non-hydrogen) atoms. The summed E-state index contributed by atoms with van der Waals surface area (Å²) in [5, 5.41) is 0.0285. The van der Waals surface area contributed by atoms with Crippen molar-refractivity contribution in [3.8, 4) is 0 Å². The van der Waals surface area contributed by atoms with E-state index >= 15 is 0 Å². The lowest BCUT2D eigenvalue weighted by molar-refractivity contribution is -0.129. The molecule has 0 atom stereocenters. The first-order valence-corrected chi connectivity index (χ1v) is 3.71. The second-order valence-corrected chi connectivity index (χ2v) is 2.67. The van der Waals surface area contributed by atoms with Gasteiger partial charge in [-0.1, -0.05) is 11.6 Å². The first kappa shape index (κ1) is 9.92. The number of benzene rings is 1. The minimum absolute atomic E-state index is 0.0285. The fourth-order valence-electron chi connectivity index (χ4n) is 0.798. The fourth-order valence-corrected chi connectivity index (χ4v) is 1.00. The van der Waals surface area contributed by atoms with Crippen LogP contribution in [0, 0.1) is 11.6 Å². The van der Waals surface area contributed by atoms with Crippen molar-refractivity contribution in [1.29, 1.82) is 0 Å². The SMILES string of the molecule is O=COCc1cc(F)c(F)cc1Cl. The maximum Gasteiger partial charge on any atom is 0.293 e. The summed E-state index contributed by atoms with van der Waals surface area (Å²) in [5.41, 5.74) is 0.229. The highest BCUT2D eigenvalue weighted by molar-refractivity contribution is 6.31. The molecule has 0 aromatic heterocycles. The van der Waals surface area contributed by atoms with Crippen LogP contribution in [0.25, 0.3) is 0 Å². The van der Waals surface area contributed by atoms with Gasteiger partial charge in [-0.25, -0.2) is 8.78 Å². The van der Waals surface area contributed by atoms with E-state index in [0.717, 1.165) is 12.1 Å². The topological polar surface area (TPSA) is 26.3 Å². The number of halogens is 3. The summed E-state index contributed by atoms with van der Waals surface area (Å²) in [6, 6.07) is 1.72. The van der Waals surface area contributed by atoms with E-state index in [1.165, 1.54) is 0 Å². The molecule has 0 saturated carbocycles. The molecule has 0 bridgehead atoms. The van der Waals surface area contributed by atoms with Crippen molar-refractivity contribution in [1.82, 2.24) is 0 Å². The molecular weight excluding hydrogens is 202 g/mol. The van der Waals surface area contributed by atoms with Crippen LogP contribution in [-0.2, 0) is 16.1 Å². The van der Waals surface area contributed by atoms with Crippen molar-refractivity contribution < 1.29 is 18.3 Å². The Hall–Kier alpha value is -1.16. The Morgan fingerprint density at radius 2 is 2.00 bits per heavy atom. The van der Waals surface area contributed by atoms with Crippen LogP contribution in [0.15, 0.2) is 12.1 Å². The first-order valence-electron chi connectivity index (χ1n) is 3.34. The van der Waals surface area contributed by atoms with E-state index < -0.39 is 11.6 Å². The van der Waals surface area contributed by atoms with Crippen molar-refractivity contribution in [2.24, 2.45) is 0 Å². The quantitative estimate of drug-likeness (QED) is 0.560. The predicted molar refractivity (Wildman–Crippen MR) is 42.2 cm³/mol. The van der Waals surface area contributed by atoms with E-state index in [2.05, 4.69) is 4.74 Å². The molecule has 0 spiro atoms. The minimum Gasteiger partial charge on any atom is -0.463 e. The Bertz CT molecular complexity index is 328. The van der Waals surface area contributed by atoms with Gasteiger partial charge < -0.3 is 4.74 Å². The van der Waals surface area contributed by atoms with E-state index in [0.29, 0.717) is 0 Å². The Labute approximate surface area is 78.1 Å². The molecule has 0 amide bonds. The Balaban J connectivity index is 2.94. The van der Waals surface area contributed by atoms with Gasteiger partial charge in [0.05, 0.1) is 5.02 Å². The van der Waals surface area contributed by atoms with Crippen molar-refractivity contribution in [3.63, 3.8) is 0 Å². The third-order valence-corrected chi connectivity index (χ3v) is 1.75. The average Bonchev–Trinajstić information content (AvgIpc) is 2.09. The number of rotatable bonds is 3. The van der Waals surface area contributed by atoms with Gasteiger partial charge in [-0.2, -0.15) is 0 Å². The third kappa shape index (κ3) is 2.39. The predicted octanol–water partition coefficient (Wildman–Crippen LogP) is 2.29. The van der Waals surface area contributed by atoms with Crippen LogP contribution < -0.4 is 0 Å². The van der Waals surface area contributed by atoms with Gasteiger partial charge >= 0.3 is 0 Å². The van der Waals surface area contributed by atoms with Crippen LogP contribution in [0.3, 0.4) is 0 Å². The highest BCUT2D eigenvalue weighted by Gasteiger charge is 2.08. The van der Waals surface area contributed by atoms with Gasteiger partial charge in [0, 0.05) is 5.56 Å². The second kappa shape index (κ2) is 4.18. The van der Waals surface area contributed by atoms with Crippen LogP contribution in [0.2, 0.25) is 5.02 Å². The standard InChI is InChI=1S/C8H5ClF2O2/c9-6-2-8(11)7(10)1-5(6)3-13-4-12/h1-2,4H,3H2. The molecule has 0 aliphatic carbocycles. The summed E-state index contributed by atoms with van der Waals surface area (Å²) in [5.74, 6) is -2.05. The molecule has 0 fully saturated rings. The molecule has 0 aliphatic rings. The summed E-state index contributed by atoms with van der Waals surface area (Å²) in [6.07, 6.45) is 0. The van der Waals surface area contributed by atoms with E-state index in [9.17, 15) is 13.6 Å². The average molecular weight is 207 g/mol. The monoisotopic (exact) mass is 206 g/mol. The van der Waals surface area contributed by atoms with Gasteiger partial charge in [0.25, 0.3) is 6.47 Å². The molecule has 0 aliphatic heterocycles. The smallest absolute Gasteiger partial charge is 0.293 e. The first-order chi connectivity index (χ1) is 6.15. The normalized spacial score (nSPS) is 9.77. The molecule has 0 radical (unpaired) electrons. The third-order valence-electron chi connectivity index (χ3n) is 1.40. The molecule has 1 aromatic rings. The lowest BCUT2D eigenvalue weighted by Crippen LogP contribution is -1.94. The molecular formula is C8H5ClF2O2. The van der Waals surface area contributed by atoms with Gasteiger partial charge in [0.1, 0.15) is 6.61 Å². The van der Waals surface area contributed by atoms with Crippen molar-refractivity contribution in [3.05, 3.63) is 34.4 Å².